The Morgan fingerprint density at radius 1 is 1.20 bits per heavy atom. The summed E-state index contributed by atoms with van der Waals surface area (Å²) < 4.78 is 18.4. The molecule has 1 unspecified atom stereocenters. The molecule has 0 spiro atoms. The third kappa shape index (κ3) is 5.19. The molecule has 2 aromatic carbocycles. The van der Waals surface area contributed by atoms with Gasteiger partial charge in [-0.3, -0.25) is 4.79 Å². The number of benzene rings is 2. The van der Waals surface area contributed by atoms with Gasteiger partial charge in [-0.05, 0) is 42.8 Å². The third-order valence-corrected chi connectivity index (χ3v) is 3.83. The van der Waals surface area contributed by atoms with Crippen LogP contribution in [0.15, 0.2) is 42.5 Å². The standard InChI is InChI=1S/C18H18ClFN2O3/c1-11(12-3-6-14(19)7-4-12)22-17(23)10-21-16-9-13(18(24)25-2)5-8-15(16)20/h3-9,11,21H,10H2,1-2H3,(H,22,23). The van der Waals surface area contributed by atoms with Crippen molar-refractivity contribution in [1.29, 1.82) is 0 Å². The lowest BCUT2D eigenvalue weighted by Crippen LogP contribution is -2.32. The van der Waals surface area contributed by atoms with E-state index in [1.807, 2.05) is 19.1 Å². The number of hydrogen-bond acceptors (Lipinski definition) is 4. The molecule has 0 aliphatic rings. The molecule has 0 radical (unpaired) electrons. The van der Waals surface area contributed by atoms with E-state index in [0.29, 0.717) is 5.02 Å². The Labute approximate surface area is 150 Å². The summed E-state index contributed by atoms with van der Waals surface area (Å²) in [6.45, 7) is 1.69. The van der Waals surface area contributed by atoms with E-state index < -0.39 is 11.8 Å². The van der Waals surface area contributed by atoms with Crippen LogP contribution in [-0.2, 0) is 9.53 Å². The summed E-state index contributed by atoms with van der Waals surface area (Å²) in [4.78, 5) is 23.5. The van der Waals surface area contributed by atoms with Crippen molar-refractivity contribution < 1.29 is 18.7 Å². The highest BCUT2D eigenvalue weighted by Crippen LogP contribution is 2.18. The van der Waals surface area contributed by atoms with Crippen molar-refractivity contribution in [2.45, 2.75) is 13.0 Å². The van der Waals surface area contributed by atoms with E-state index in [1.54, 1.807) is 12.1 Å². The molecular weight excluding hydrogens is 347 g/mol. The summed E-state index contributed by atoms with van der Waals surface area (Å²) in [5.74, 6) is -1.46. The fraction of sp³-hybridized carbons (Fsp3) is 0.222. The number of nitrogens with one attached hydrogen (secondary N) is 2. The van der Waals surface area contributed by atoms with Crippen molar-refractivity contribution in [3.8, 4) is 0 Å². The monoisotopic (exact) mass is 364 g/mol. The summed E-state index contributed by atoms with van der Waals surface area (Å²) in [6.07, 6.45) is 0. The quantitative estimate of drug-likeness (QED) is 0.769. The van der Waals surface area contributed by atoms with E-state index in [1.165, 1.54) is 19.2 Å². The maximum atomic E-state index is 13.8. The molecule has 132 valence electrons. The predicted molar refractivity (Wildman–Crippen MR) is 94.2 cm³/mol. The number of rotatable bonds is 6. The Morgan fingerprint density at radius 2 is 1.88 bits per heavy atom. The van der Waals surface area contributed by atoms with Crippen molar-refractivity contribution in [1.82, 2.24) is 5.32 Å². The van der Waals surface area contributed by atoms with E-state index in [0.717, 1.165) is 11.6 Å². The Hall–Kier alpha value is -2.60. The second kappa shape index (κ2) is 8.48. The molecule has 7 heteroatoms. The second-order valence-electron chi connectivity index (χ2n) is 5.38. The molecule has 25 heavy (non-hydrogen) atoms. The zero-order valence-electron chi connectivity index (χ0n) is 13.8. The normalized spacial score (nSPS) is 11.5. The molecule has 2 rings (SSSR count). The Bertz CT molecular complexity index is 765. The average molecular weight is 365 g/mol. The summed E-state index contributed by atoms with van der Waals surface area (Å²) in [5, 5.41) is 6.09. The van der Waals surface area contributed by atoms with Crippen LogP contribution >= 0.6 is 11.6 Å². The molecular formula is C18H18ClFN2O3. The molecule has 1 amide bonds. The predicted octanol–water partition coefficient (Wildman–Crippen LogP) is 3.56. The van der Waals surface area contributed by atoms with Gasteiger partial charge in [0, 0.05) is 5.02 Å². The van der Waals surface area contributed by atoms with E-state index in [2.05, 4.69) is 15.4 Å². The topological polar surface area (TPSA) is 67.4 Å². The van der Waals surface area contributed by atoms with Gasteiger partial charge in [0.25, 0.3) is 0 Å². The van der Waals surface area contributed by atoms with Gasteiger partial charge in [0.1, 0.15) is 5.82 Å². The van der Waals surface area contributed by atoms with Crippen molar-refractivity contribution in [3.05, 3.63) is 64.4 Å². The van der Waals surface area contributed by atoms with Gasteiger partial charge in [-0.2, -0.15) is 0 Å². The molecule has 0 bridgehead atoms. The van der Waals surface area contributed by atoms with Gasteiger partial charge < -0.3 is 15.4 Å². The highest BCUT2D eigenvalue weighted by Gasteiger charge is 2.12. The Morgan fingerprint density at radius 3 is 2.52 bits per heavy atom. The smallest absolute Gasteiger partial charge is 0.337 e. The van der Waals surface area contributed by atoms with Crippen LogP contribution in [0.5, 0.6) is 0 Å². The number of esters is 1. The zero-order valence-corrected chi connectivity index (χ0v) is 14.6. The SMILES string of the molecule is COC(=O)c1ccc(F)c(NCC(=O)NC(C)c2ccc(Cl)cc2)c1. The van der Waals surface area contributed by atoms with Crippen molar-refractivity contribution in [3.63, 3.8) is 0 Å². The van der Waals surface area contributed by atoms with Gasteiger partial charge in [-0.1, -0.05) is 23.7 Å². The first-order chi connectivity index (χ1) is 11.9. The first-order valence-electron chi connectivity index (χ1n) is 7.57. The van der Waals surface area contributed by atoms with Crippen molar-refractivity contribution in [2.24, 2.45) is 0 Å². The lowest BCUT2D eigenvalue weighted by molar-refractivity contribution is -0.120. The molecule has 5 nitrogen and oxygen atoms in total. The van der Waals surface area contributed by atoms with Gasteiger partial charge in [0.15, 0.2) is 0 Å². The molecule has 0 saturated heterocycles. The summed E-state index contributed by atoms with van der Waals surface area (Å²) >= 11 is 5.83. The van der Waals surface area contributed by atoms with E-state index >= 15 is 0 Å². The highest BCUT2D eigenvalue weighted by molar-refractivity contribution is 6.30. The van der Waals surface area contributed by atoms with Crippen molar-refractivity contribution >= 4 is 29.2 Å². The number of carbonyl (C=O) groups is 2. The lowest BCUT2D eigenvalue weighted by atomic mass is 10.1. The van der Waals surface area contributed by atoms with Crippen LogP contribution in [0, 0.1) is 5.82 Å². The van der Waals surface area contributed by atoms with E-state index in [9.17, 15) is 14.0 Å². The molecule has 0 aliphatic carbocycles. The summed E-state index contributed by atoms with van der Waals surface area (Å²) in [7, 11) is 1.24. The number of amides is 1. The van der Waals surface area contributed by atoms with Gasteiger partial charge >= 0.3 is 5.97 Å². The zero-order chi connectivity index (χ0) is 18.4. The molecule has 0 heterocycles. The fourth-order valence-corrected chi connectivity index (χ4v) is 2.33. The molecule has 0 aliphatic heterocycles. The molecule has 0 fully saturated rings. The van der Waals surface area contributed by atoms with Gasteiger partial charge in [-0.25, -0.2) is 9.18 Å². The molecule has 0 saturated carbocycles. The number of hydrogen-bond donors (Lipinski definition) is 2. The molecule has 2 N–H and O–H groups in total. The van der Waals surface area contributed by atoms with Crippen LogP contribution in [0.3, 0.4) is 0 Å². The Kier molecular flexibility index (Phi) is 6.36. The first-order valence-corrected chi connectivity index (χ1v) is 7.95. The average Bonchev–Trinajstić information content (AvgIpc) is 2.60. The number of anilines is 1. The van der Waals surface area contributed by atoms with Crippen LogP contribution in [0.1, 0.15) is 28.9 Å². The maximum absolute atomic E-state index is 13.8. The number of methoxy groups -OCH3 is 1. The number of halogens is 2. The largest absolute Gasteiger partial charge is 0.465 e. The van der Waals surface area contributed by atoms with E-state index in [-0.39, 0.29) is 29.7 Å². The maximum Gasteiger partial charge on any atom is 0.337 e. The lowest BCUT2D eigenvalue weighted by Gasteiger charge is -2.15. The van der Waals surface area contributed by atoms with Gasteiger partial charge in [0.2, 0.25) is 5.91 Å². The molecule has 0 aromatic heterocycles. The summed E-state index contributed by atoms with van der Waals surface area (Å²) in [5.41, 5.74) is 1.15. The number of ether oxygens (including phenoxy) is 1. The van der Waals surface area contributed by atoms with Crippen LogP contribution in [-0.4, -0.2) is 25.5 Å². The second-order valence-corrected chi connectivity index (χ2v) is 5.82. The minimum atomic E-state index is -0.580. The fourth-order valence-electron chi connectivity index (χ4n) is 2.21. The minimum absolute atomic E-state index is 0.0530. The van der Waals surface area contributed by atoms with E-state index in [4.69, 9.17) is 11.6 Å². The van der Waals surface area contributed by atoms with Crippen molar-refractivity contribution in [2.75, 3.05) is 19.0 Å². The molecule has 2 aromatic rings. The number of carbonyl (C=O) groups excluding carboxylic acids is 2. The first kappa shape index (κ1) is 18.7. The van der Waals surface area contributed by atoms with Crippen LogP contribution in [0.4, 0.5) is 10.1 Å². The summed E-state index contributed by atoms with van der Waals surface area (Å²) in [6, 6.07) is 10.7. The Balaban J connectivity index is 1.95. The highest BCUT2D eigenvalue weighted by atomic mass is 35.5. The molecule has 1 atom stereocenters. The van der Waals surface area contributed by atoms with Gasteiger partial charge in [-0.15, -0.1) is 0 Å². The van der Waals surface area contributed by atoms with Crippen LogP contribution in [0.2, 0.25) is 5.02 Å². The van der Waals surface area contributed by atoms with Gasteiger partial charge in [0.05, 0.1) is 30.9 Å². The minimum Gasteiger partial charge on any atom is -0.465 e. The van der Waals surface area contributed by atoms with Crippen LogP contribution < -0.4 is 10.6 Å². The van der Waals surface area contributed by atoms with Crippen LogP contribution in [0.25, 0.3) is 0 Å². The third-order valence-electron chi connectivity index (χ3n) is 3.57.